The topological polar surface area (TPSA) is 136 Å². The van der Waals surface area contributed by atoms with Crippen LogP contribution in [-0.4, -0.2) is 53.3 Å². The van der Waals surface area contributed by atoms with Gasteiger partial charge in [-0.2, -0.15) is 0 Å². The molecule has 1 fully saturated rings. The van der Waals surface area contributed by atoms with E-state index in [1.54, 1.807) is 12.1 Å². The predicted octanol–water partition coefficient (Wildman–Crippen LogP) is 9.04. The summed E-state index contributed by atoms with van der Waals surface area (Å²) in [7, 11) is 0. The quantitative estimate of drug-likeness (QED) is 0.0831. The molecule has 9 nitrogen and oxygen atoms in total. The Kier molecular flexibility index (Phi) is 13.3. The fraction of sp³-hybridized carbons (Fsp3) is 0.479. The molecule has 7 rings (SSSR count). The van der Waals surface area contributed by atoms with Gasteiger partial charge in [-0.1, -0.05) is 67.9 Å². The number of aryl methyl sites for hydroxylation is 2. The first-order valence-electron chi connectivity index (χ1n) is 21.3. The molecular formula is C48H59ClN4O5. The number of anilines is 1. The van der Waals surface area contributed by atoms with Crippen LogP contribution >= 0.6 is 11.6 Å². The molecule has 5 N–H and O–H groups in total. The van der Waals surface area contributed by atoms with Crippen molar-refractivity contribution in [3.05, 3.63) is 118 Å². The molecule has 3 aromatic carbocycles. The molecule has 1 heterocycles. The summed E-state index contributed by atoms with van der Waals surface area (Å²) in [5, 5.41) is 17.7. The third kappa shape index (κ3) is 9.47. The number of aliphatic carboxylic acids is 1. The SMILES string of the molecule is C[C@@H](COc1ccnc2c1[C@H](C)CCC2)C[C@H]1Cc2ccc(OC(CN)CCNC(=O)CCc3ccccc3)cc2C12CCC(Nc1cccc(Cl)c1)(C(=O)O)CC2. The van der Waals surface area contributed by atoms with Gasteiger partial charge in [0.15, 0.2) is 0 Å². The lowest BCUT2D eigenvalue weighted by Gasteiger charge is -2.47. The number of hydrogen-bond acceptors (Lipinski definition) is 7. The molecule has 1 saturated carbocycles. The monoisotopic (exact) mass is 806 g/mol. The molecule has 1 spiro atoms. The smallest absolute Gasteiger partial charge is 0.329 e. The minimum atomic E-state index is -1.11. The zero-order valence-electron chi connectivity index (χ0n) is 34.0. The summed E-state index contributed by atoms with van der Waals surface area (Å²) in [5.41, 5.74) is 11.7. The van der Waals surface area contributed by atoms with Crippen LogP contribution in [0, 0.1) is 11.8 Å². The lowest BCUT2D eigenvalue weighted by Crippen LogP contribution is -2.53. The summed E-state index contributed by atoms with van der Waals surface area (Å²) in [6, 6.07) is 25.8. The highest BCUT2D eigenvalue weighted by Gasteiger charge is 2.54. The van der Waals surface area contributed by atoms with Gasteiger partial charge in [0.25, 0.3) is 0 Å². The van der Waals surface area contributed by atoms with E-state index in [2.05, 4.69) is 41.6 Å². The van der Waals surface area contributed by atoms with Crippen molar-refractivity contribution < 1.29 is 24.2 Å². The van der Waals surface area contributed by atoms with E-state index < -0.39 is 11.5 Å². The summed E-state index contributed by atoms with van der Waals surface area (Å²) in [4.78, 5) is 30.4. The number of carboxylic acid groups (broad SMARTS) is 1. The van der Waals surface area contributed by atoms with Gasteiger partial charge >= 0.3 is 5.97 Å². The van der Waals surface area contributed by atoms with Crippen molar-refractivity contribution in [1.29, 1.82) is 0 Å². The average molecular weight is 807 g/mol. The minimum Gasteiger partial charge on any atom is -0.493 e. The first-order chi connectivity index (χ1) is 28.1. The molecule has 4 aromatic rings. The van der Waals surface area contributed by atoms with Crippen LogP contribution in [0.15, 0.2) is 85.1 Å². The fourth-order valence-corrected chi connectivity index (χ4v) is 10.1. The van der Waals surface area contributed by atoms with Gasteiger partial charge in [0.1, 0.15) is 23.1 Å². The third-order valence-corrected chi connectivity index (χ3v) is 13.3. The first kappa shape index (κ1) is 41.6. The highest BCUT2D eigenvalue weighted by Crippen LogP contribution is 2.57. The first-order valence-corrected chi connectivity index (χ1v) is 21.6. The average Bonchev–Trinajstić information content (AvgIpc) is 3.51. The third-order valence-electron chi connectivity index (χ3n) is 13.1. The highest BCUT2D eigenvalue weighted by atomic mass is 35.5. The van der Waals surface area contributed by atoms with Gasteiger partial charge < -0.3 is 30.9 Å². The van der Waals surface area contributed by atoms with E-state index in [1.165, 1.54) is 22.4 Å². The Labute approximate surface area is 348 Å². The Morgan fingerprint density at radius 1 is 1.03 bits per heavy atom. The number of aromatic nitrogens is 1. The maximum atomic E-state index is 13.1. The number of halogens is 1. The summed E-state index contributed by atoms with van der Waals surface area (Å²) in [6.45, 7) is 5.95. The molecule has 0 saturated heterocycles. The number of nitrogens with one attached hydrogen (secondary N) is 2. The van der Waals surface area contributed by atoms with Crippen molar-refractivity contribution >= 4 is 29.2 Å². The normalized spacial score (nSPS) is 23.3. The Balaban J connectivity index is 1.06. The maximum Gasteiger partial charge on any atom is 0.329 e. The van der Waals surface area contributed by atoms with E-state index >= 15 is 0 Å². The van der Waals surface area contributed by atoms with Crippen LogP contribution in [0.1, 0.15) is 106 Å². The maximum absolute atomic E-state index is 13.1. The van der Waals surface area contributed by atoms with Gasteiger partial charge in [-0.25, -0.2) is 4.79 Å². The molecule has 4 atom stereocenters. The molecule has 1 unspecified atom stereocenters. The second-order valence-corrected chi connectivity index (χ2v) is 17.5. The molecule has 3 aliphatic carbocycles. The van der Waals surface area contributed by atoms with E-state index in [4.69, 9.17) is 26.8 Å². The number of nitrogens with two attached hydrogens (primary N) is 1. The van der Waals surface area contributed by atoms with Gasteiger partial charge in [-0.15, -0.1) is 0 Å². The predicted molar refractivity (Wildman–Crippen MR) is 230 cm³/mol. The summed E-state index contributed by atoms with van der Waals surface area (Å²) in [6.07, 6.45) is 10.9. The van der Waals surface area contributed by atoms with Crippen molar-refractivity contribution in [2.24, 2.45) is 17.6 Å². The van der Waals surface area contributed by atoms with Gasteiger partial charge in [-0.3, -0.25) is 9.78 Å². The number of carbonyl (C=O) groups excluding carboxylic acids is 1. The molecule has 0 bridgehead atoms. The summed E-state index contributed by atoms with van der Waals surface area (Å²) in [5.74, 6) is 1.90. The van der Waals surface area contributed by atoms with Crippen molar-refractivity contribution in [3.63, 3.8) is 0 Å². The van der Waals surface area contributed by atoms with Gasteiger partial charge in [0, 0.05) is 54.1 Å². The minimum absolute atomic E-state index is 0.0130. The number of carbonyl (C=O) groups is 2. The van der Waals surface area contributed by atoms with Crippen LogP contribution < -0.4 is 25.8 Å². The van der Waals surface area contributed by atoms with Crippen LogP contribution in [0.3, 0.4) is 0 Å². The van der Waals surface area contributed by atoms with Crippen LogP contribution in [0.25, 0.3) is 0 Å². The Morgan fingerprint density at radius 2 is 1.84 bits per heavy atom. The van der Waals surface area contributed by atoms with E-state index in [-0.39, 0.29) is 23.3 Å². The van der Waals surface area contributed by atoms with E-state index in [1.807, 2.05) is 60.8 Å². The number of ether oxygens (including phenoxy) is 2. The zero-order chi connectivity index (χ0) is 40.7. The molecule has 1 aromatic heterocycles. The van der Waals surface area contributed by atoms with E-state index in [0.717, 1.165) is 49.2 Å². The molecule has 0 aliphatic heterocycles. The van der Waals surface area contributed by atoms with Gasteiger partial charge in [0.05, 0.1) is 6.61 Å². The molecule has 3 aliphatic rings. The molecule has 58 heavy (non-hydrogen) atoms. The van der Waals surface area contributed by atoms with Gasteiger partial charge in [0.2, 0.25) is 5.91 Å². The second-order valence-electron chi connectivity index (χ2n) is 17.1. The van der Waals surface area contributed by atoms with Gasteiger partial charge in [-0.05, 0) is 140 Å². The van der Waals surface area contributed by atoms with Crippen LogP contribution in [0.2, 0.25) is 5.02 Å². The lowest BCUT2D eigenvalue weighted by molar-refractivity contribution is -0.144. The fourth-order valence-electron chi connectivity index (χ4n) is 9.93. The molecule has 308 valence electrons. The van der Waals surface area contributed by atoms with Crippen molar-refractivity contribution in [2.75, 3.05) is 25.0 Å². The Morgan fingerprint density at radius 3 is 2.60 bits per heavy atom. The Hall–Kier alpha value is -4.60. The van der Waals surface area contributed by atoms with E-state index in [0.29, 0.717) is 87.2 Å². The van der Waals surface area contributed by atoms with Crippen LogP contribution in [0.4, 0.5) is 5.69 Å². The number of nitrogens with zero attached hydrogens (tertiary/aromatic N) is 1. The summed E-state index contributed by atoms with van der Waals surface area (Å²) < 4.78 is 13.1. The number of amides is 1. The van der Waals surface area contributed by atoms with Crippen molar-refractivity contribution in [3.8, 4) is 11.5 Å². The standard InChI is InChI=1S/C48H59ClN4O5/c1-32(31-57-43-19-25-51-42-13-6-8-33(2)45(42)43)26-36-27-35-15-16-39(58-40(30-50)18-24-52-44(54)17-14-34-9-4-3-5-10-34)29-41(35)47(36)20-22-48(23-21-47,46(55)56)53-38-12-7-11-37(49)28-38/h3-5,7,9-12,15-16,19,25,28-29,32-33,36,40,53H,6,8,13-14,17-18,20-24,26-27,30-31,50H2,1-2H3,(H,52,54)(H,55,56)/t32-,33-,36+,40?,47?,48?/m1/s1. The van der Waals surface area contributed by atoms with Crippen LogP contribution in [-0.2, 0) is 34.3 Å². The number of benzene rings is 3. The molecule has 1 amide bonds. The molecular weight excluding hydrogens is 748 g/mol. The highest BCUT2D eigenvalue weighted by molar-refractivity contribution is 6.30. The Bertz CT molecular complexity index is 2030. The van der Waals surface area contributed by atoms with Crippen LogP contribution in [0.5, 0.6) is 11.5 Å². The number of rotatable bonds is 17. The van der Waals surface area contributed by atoms with E-state index in [9.17, 15) is 14.7 Å². The molecule has 10 heteroatoms. The second kappa shape index (κ2) is 18.5. The zero-order valence-corrected chi connectivity index (χ0v) is 34.7. The van der Waals surface area contributed by atoms with Crippen molar-refractivity contribution in [1.82, 2.24) is 10.3 Å². The molecule has 0 radical (unpaired) electrons. The number of pyridine rings is 1. The number of carboxylic acids is 1. The number of hydrogen-bond donors (Lipinski definition) is 4. The summed E-state index contributed by atoms with van der Waals surface area (Å²) >= 11 is 6.31. The van der Waals surface area contributed by atoms with Crippen molar-refractivity contribution in [2.45, 2.75) is 114 Å². The largest absolute Gasteiger partial charge is 0.493 e. The number of fused-ring (bicyclic) bond motifs is 3. The lowest BCUT2D eigenvalue weighted by atomic mass is 9.59.